The van der Waals surface area contributed by atoms with E-state index < -0.39 is 18.9 Å². The molecular weight excluding hydrogens is 417 g/mol. The molecule has 3 rings (SSSR count). The molecule has 0 heterocycles. The zero-order valence-electron chi connectivity index (χ0n) is 18.3. The predicted octanol–water partition coefficient (Wildman–Crippen LogP) is 4.88. The van der Waals surface area contributed by atoms with Crippen LogP contribution in [0.15, 0.2) is 91.0 Å². The molecule has 163 valence electrons. The van der Waals surface area contributed by atoms with Gasteiger partial charge in [-0.05, 0) is 0 Å². The zero-order valence-corrected chi connectivity index (χ0v) is 19.2. The van der Waals surface area contributed by atoms with Crippen molar-refractivity contribution in [2.24, 2.45) is 0 Å². The molecule has 0 spiro atoms. The van der Waals surface area contributed by atoms with Crippen molar-refractivity contribution in [3.05, 3.63) is 108 Å². The summed E-state index contributed by atoms with van der Waals surface area (Å²) in [6, 6.07) is 30.2. The maximum atomic E-state index is 10.2. The van der Waals surface area contributed by atoms with Crippen molar-refractivity contribution in [2.45, 2.75) is 24.9 Å². The predicted molar refractivity (Wildman–Crippen MR) is 132 cm³/mol. The average molecular weight is 445 g/mol. The van der Waals surface area contributed by atoms with Gasteiger partial charge in [0.25, 0.3) is 0 Å². The van der Waals surface area contributed by atoms with E-state index in [4.69, 9.17) is 29.0 Å². The molecule has 0 saturated carbocycles. The number of hydrogen-bond acceptors (Lipinski definition) is 4. The van der Waals surface area contributed by atoms with Crippen molar-refractivity contribution in [2.75, 3.05) is 19.6 Å². The van der Waals surface area contributed by atoms with Crippen LogP contribution in [0.4, 0.5) is 0 Å². The van der Waals surface area contributed by atoms with Gasteiger partial charge in [-0.25, -0.2) is 0 Å². The number of hydrogen-bond donors (Lipinski definition) is 1. The molecule has 0 aliphatic heterocycles. The van der Waals surface area contributed by atoms with E-state index in [9.17, 15) is 4.89 Å². The molecule has 1 unspecified atom stereocenters. The van der Waals surface area contributed by atoms with Gasteiger partial charge in [-0.2, -0.15) is 0 Å². The Morgan fingerprint density at radius 2 is 1.28 bits per heavy atom. The first-order valence-corrected chi connectivity index (χ1v) is 12.6. The second-order valence-electron chi connectivity index (χ2n) is 7.42. The van der Waals surface area contributed by atoms with E-state index in [1.54, 1.807) is 6.92 Å². The van der Waals surface area contributed by atoms with Gasteiger partial charge in [-0.3, -0.25) is 0 Å². The fourth-order valence-electron chi connectivity index (χ4n) is 3.64. The van der Waals surface area contributed by atoms with Gasteiger partial charge in [-0.1, -0.05) is 0 Å². The molecule has 3 aromatic rings. The fraction of sp³-hybridized carbons (Fsp3) is 0.280. The summed E-state index contributed by atoms with van der Waals surface area (Å²) in [5.74, 6) is 0. The van der Waals surface area contributed by atoms with Crippen molar-refractivity contribution < 1.29 is 18.9 Å². The van der Waals surface area contributed by atoms with Gasteiger partial charge in [0, 0.05) is 0 Å². The van der Waals surface area contributed by atoms with Gasteiger partial charge in [-0.15, -0.1) is 0 Å². The van der Waals surface area contributed by atoms with Crippen molar-refractivity contribution in [1.29, 1.82) is 0 Å². The molecule has 0 amide bonds. The molecule has 1 N–H and O–H groups in total. The van der Waals surface area contributed by atoms with E-state index >= 15 is 0 Å². The second-order valence-corrected chi connectivity index (χ2v) is 9.44. The average Bonchev–Trinajstić information content (AvgIpc) is 2.83. The molecule has 0 aliphatic rings. The summed E-state index contributed by atoms with van der Waals surface area (Å²) in [5.41, 5.74) is 2.11. The molecule has 0 aromatic heterocycles. The van der Waals surface area contributed by atoms with E-state index in [1.807, 2.05) is 54.6 Å². The summed E-state index contributed by atoms with van der Waals surface area (Å²) in [5, 5.41) is 0. The van der Waals surface area contributed by atoms with Crippen LogP contribution in [-0.2, 0) is 19.6 Å². The SMILES string of the molecule is [B]C[C@@H](COC(c1ccccc1)(c1ccccc1)c1ccccc1)OCP(=[B])(O)OCC. The van der Waals surface area contributed by atoms with Gasteiger partial charge < -0.3 is 0 Å². The maximum absolute atomic E-state index is 10.2. The van der Waals surface area contributed by atoms with Crippen LogP contribution < -0.4 is 0 Å². The molecule has 32 heavy (non-hydrogen) atoms. The molecule has 0 bridgehead atoms. The molecule has 3 radical (unpaired) electrons. The number of ether oxygens (including phenoxy) is 2. The standard InChI is InChI=1S/C25H28B2O4P/c1-2-31-32(27,28)20-29-24(18-26)19-30-25(21-12-6-3-7-13-21,22-14-8-4-9-15-22)23-16-10-5-11-17-23/h3-17,24,28H,2,18-20H2,1H3/t24-,32?/m0/s1. The minimum absolute atomic E-state index is 0.110. The summed E-state index contributed by atoms with van der Waals surface area (Å²) >= 11 is 0. The molecule has 0 fully saturated rings. The van der Waals surface area contributed by atoms with E-state index in [1.165, 1.54) is 0 Å². The van der Waals surface area contributed by atoms with Gasteiger partial charge in [0.05, 0.1) is 0 Å². The Balaban J connectivity index is 1.97. The molecule has 0 saturated heterocycles. The quantitative estimate of drug-likeness (QED) is 0.245. The number of rotatable bonds is 12. The summed E-state index contributed by atoms with van der Waals surface area (Å²) in [6.07, 6.45) is -0.372. The third-order valence-corrected chi connectivity index (χ3v) is 6.36. The molecule has 4 nitrogen and oxygen atoms in total. The van der Waals surface area contributed by atoms with Crippen LogP contribution in [0.3, 0.4) is 0 Å². The van der Waals surface area contributed by atoms with Gasteiger partial charge >= 0.3 is 193 Å². The molecule has 7 heteroatoms. The summed E-state index contributed by atoms with van der Waals surface area (Å²) in [6.45, 7) is 2.28. The van der Waals surface area contributed by atoms with Crippen molar-refractivity contribution in [3.8, 4) is 0 Å². The summed E-state index contributed by atoms with van der Waals surface area (Å²) in [7, 11) is 8.71. The Bertz CT molecular complexity index is 890. The van der Waals surface area contributed by atoms with Crippen molar-refractivity contribution in [1.82, 2.24) is 0 Å². The molecule has 2 atom stereocenters. The molecular formula is C25H28B2O4P. The zero-order chi connectivity index (χ0) is 22.9. The van der Waals surface area contributed by atoms with E-state index in [0.717, 1.165) is 16.7 Å². The first kappa shape index (κ1) is 24.7. The third-order valence-electron chi connectivity index (χ3n) is 5.14. The number of benzene rings is 3. The topological polar surface area (TPSA) is 47.9 Å². The van der Waals surface area contributed by atoms with Crippen LogP contribution in [0.2, 0.25) is 6.32 Å². The second kappa shape index (κ2) is 11.8. The summed E-state index contributed by atoms with van der Waals surface area (Å²) in [4.78, 5) is 10.2. The first-order valence-electron chi connectivity index (χ1n) is 10.7. The third kappa shape index (κ3) is 6.10. The van der Waals surface area contributed by atoms with E-state index in [2.05, 4.69) is 36.4 Å². The Hall–Kier alpha value is -1.94. The molecule has 3 aromatic carbocycles. The van der Waals surface area contributed by atoms with Gasteiger partial charge in [0.15, 0.2) is 0 Å². The van der Waals surface area contributed by atoms with E-state index in [0.29, 0.717) is 6.61 Å². The van der Waals surface area contributed by atoms with Crippen molar-refractivity contribution in [3.63, 3.8) is 0 Å². The van der Waals surface area contributed by atoms with Crippen molar-refractivity contribution >= 4 is 22.2 Å². The minimum atomic E-state index is -3.08. The van der Waals surface area contributed by atoms with Crippen LogP contribution >= 0.6 is 7.21 Å². The van der Waals surface area contributed by atoms with Crippen LogP contribution in [0, 0.1) is 0 Å². The van der Waals surface area contributed by atoms with Crippen LogP contribution in [0.25, 0.3) is 0 Å². The normalized spacial score (nSPS) is 14.5. The Morgan fingerprint density at radius 3 is 1.66 bits per heavy atom. The Kier molecular flexibility index (Phi) is 9.10. The Labute approximate surface area is 193 Å². The monoisotopic (exact) mass is 445 g/mol. The molecule has 0 aliphatic carbocycles. The summed E-state index contributed by atoms with van der Waals surface area (Å²) < 4.78 is 17.7. The van der Waals surface area contributed by atoms with Crippen LogP contribution in [-0.4, -0.2) is 45.6 Å². The first-order chi connectivity index (χ1) is 15.5. The fourth-order valence-corrected chi connectivity index (χ4v) is 4.59. The van der Waals surface area contributed by atoms with Gasteiger partial charge in [0.2, 0.25) is 0 Å². The van der Waals surface area contributed by atoms with E-state index in [-0.39, 0.29) is 19.3 Å². The van der Waals surface area contributed by atoms with Gasteiger partial charge in [0.1, 0.15) is 0 Å². The van der Waals surface area contributed by atoms with Crippen LogP contribution in [0.1, 0.15) is 23.6 Å². The van der Waals surface area contributed by atoms with Crippen LogP contribution in [0.5, 0.6) is 0 Å². The Morgan fingerprint density at radius 1 is 0.844 bits per heavy atom.